The fourth-order valence-electron chi connectivity index (χ4n) is 3.35. The van der Waals surface area contributed by atoms with Crippen LogP contribution in [0.1, 0.15) is 33.3 Å². The SMILES string of the molecule is CCN(CC)c1ccc(N2C(=O)C(SC(C)C)=C(c3ccccc3)C2=O)cc1. The van der Waals surface area contributed by atoms with Crippen LogP contribution < -0.4 is 9.80 Å². The van der Waals surface area contributed by atoms with E-state index >= 15 is 0 Å². The van der Waals surface area contributed by atoms with E-state index in [-0.39, 0.29) is 17.1 Å². The number of hydrogen-bond acceptors (Lipinski definition) is 4. The molecule has 1 heterocycles. The number of thioether (sulfide) groups is 1. The van der Waals surface area contributed by atoms with Crippen molar-refractivity contribution < 1.29 is 9.59 Å². The van der Waals surface area contributed by atoms with Crippen LogP contribution in [-0.2, 0) is 9.59 Å². The van der Waals surface area contributed by atoms with Crippen LogP contribution in [0.5, 0.6) is 0 Å². The van der Waals surface area contributed by atoms with E-state index in [1.807, 2.05) is 68.4 Å². The van der Waals surface area contributed by atoms with Crippen molar-refractivity contribution >= 4 is 40.5 Å². The topological polar surface area (TPSA) is 40.6 Å². The lowest BCUT2D eigenvalue weighted by molar-refractivity contribution is -0.119. The fraction of sp³-hybridized carbons (Fsp3) is 0.304. The van der Waals surface area contributed by atoms with Crippen LogP contribution >= 0.6 is 11.8 Å². The highest BCUT2D eigenvalue weighted by Gasteiger charge is 2.40. The highest BCUT2D eigenvalue weighted by molar-refractivity contribution is 8.04. The largest absolute Gasteiger partial charge is 0.372 e. The molecule has 4 nitrogen and oxygen atoms in total. The van der Waals surface area contributed by atoms with Gasteiger partial charge < -0.3 is 4.90 Å². The lowest BCUT2D eigenvalue weighted by atomic mass is 10.1. The van der Waals surface area contributed by atoms with E-state index in [4.69, 9.17) is 0 Å². The molecular formula is C23H26N2O2S. The van der Waals surface area contributed by atoms with Gasteiger partial charge in [0.1, 0.15) is 0 Å². The van der Waals surface area contributed by atoms with Gasteiger partial charge in [0.15, 0.2) is 0 Å². The standard InChI is InChI=1S/C23H26N2O2S/c1-5-24(6-2)18-12-14-19(15-13-18)25-22(26)20(17-10-8-7-9-11-17)21(23(25)27)28-16(3)4/h7-16H,5-6H2,1-4H3. The highest BCUT2D eigenvalue weighted by atomic mass is 32.2. The van der Waals surface area contributed by atoms with Gasteiger partial charge in [-0.25, -0.2) is 4.90 Å². The molecule has 0 fully saturated rings. The van der Waals surface area contributed by atoms with Crippen molar-refractivity contribution in [1.29, 1.82) is 0 Å². The first-order valence-electron chi connectivity index (χ1n) is 9.68. The molecule has 0 spiro atoms. The minimum atomic E-state index is -0.255. The highest BCUT2D eigenvalue weighted by Crippen LogP contribution is 2.40. The lowest BCUT2D eigenvalue weighted by Crippen LogP contribution is -2.31. The van der Waals surface area contributed by atoms with Gasteiger partial charge in [-0.3, -0.25) is 9.59 Å². The molecule has 5 heteroatoms. The van der Waals surface area contributed by atoms with Crippen molar-refractivity contribution in [2.75, 3.05) is 22.9 Å². The molecule has 146 valence electrons. The average Bonchev–Trinajstić information content (AvgIpc) is 2.93. The summed E-state index contributed by atoms with van der Waals surface area (Å²) in [7, 11) is 0. The Hall–Kier alpha value is -2.53. The first-order chi connectivity index (χ1) is 13.5. The summed E-state index contributed by atoms with van der Waals surface area (Å²) in [5.41, 5.74) is 2.97. The molecule has 3 rings (SSSR count). The van der Waals surface area contributed by atoms with Gasteiger partial charge in [-0.05, 0) is 43.7 Å². The second-order valence-electron chi connectivity index (χ2n) is 6.87. The minimum absolute atomic E-state index is 0.204. The number of nitrogens with zero attached hydrogens (tertiary/aromatic N) is 2. The van der Waals surface area contributed by atoms with Crippen LogP contribution in [-0.4, -0.2) is 30.2 Å². The smallest absolute Gasteiger partial charge is 0.272 e. The Kier molecular flexibility index (Phi) is 6.25. The van der Waals surface area contributed by atoms with E-state index in [9.17, 15) is 9.59 Å². The molecule has 0 atom stereocenters. The predicted octanol–water partition coefficient (Wildman–Crippen LogP) is 4.96. The van der Waals surface area contributed by atoms with Crippen molar-refractivity contribution in [2.24, 2.45) is 0 Å². The third-order valence-electron chi connectivity index (χ3n) is 4.69. The Bertz CT molecular complexity index is 885. The Morgan fingerprint density at radius 3 is 2.04 bits per heavy atom. The summed E-state index contributed by atoms with van der Waals surface area (Å²) in [6, 6.07) is 17.1. The molecule has 0 radical (unpaired) electrons. The molecule has 0 unspecified atom stereocenters. The first kappa shape index (κ1) is 20.2. The van der Waals surface area contributed by atoms with Gasteiger partial charge in [0.25, 0.3) is 11.8 Å². The normalized spacial score (nSPS) is 14.4. The number of anilines is 2. The van der Waals surface area contributed by atoms with Gasteiger partial charge in [-0.1, -0.05) is 44.2 Å². The maximum Gasteiger partial charge on any atom is 0.272 e. The Labute approximate surface area is 171 Å². The zero-order valence-corrected chi connectivity index (χ0v) is 17.6. The molecule has 28 heavy (non-hydrogen) atoms. The molecular weight excluding hydrogens is 368 g/mol. The molecule has 0 N–H and O–H groups in total. The van der Waals surface area contributed by atoms with Gasteiger partial charge in [0.05, 0.1) is 16.2 Å². The number of benzene rings is 2. The Morgan fingerprint density at radius 2 is 1.50 bits per heavy atom. The zero-order valence-electron chi connectivity index (χ0n) is 16.8. The summed E-state index contributed by atoms with van der Waals surface area (Å²) in [4.78, 5) is 30.5. The van der Waals surface area contributed by atoms with Gasteiger partial charge in [0.2, 0.25) is 0 Å². The third kappa shape index (κ3) is 3.85. The number of carbonyl (C=O) groups is 2. The average molecular weight is 395 g/mol. The van der Waals surface area contributed by atoms with Crippen molar-refractivity contribution in [3.8, 4) is 0 Å². The van der Waals surface area contributed by atoms with Crippen molar-refractivity contribution in [3.63, 3.8) is 0 Å². The quantitative estimate of drug-likeness (QED) is 0.623. The number of imide groups is 1. The maximum absolute atomic E-state index is 13.3. The van der Waals surface area contributed by atoms with Gasteiger partial charge in [0, 0.05) is 24.0 Å². The van der Waals surface area contributed by atoms with E-state index < -0.39 is 0 Å². The monoisotopic (exact) mass is 394 g/mol. The molecule has 2 aromatic rings. The van der Waals surface area contributed by atoms with Gasteiger partial charge >= 0.3 is 0 Å². The molecule has 2 amide bonds. The number of rotatable bonds is 7. The maximum atomic E-state index is 13.3. The first-order valence-corrected chi connectivity index (χ1v) is 10.6. The number of hydrogen-bond donors (Lipinski definition) is 0. The van der Waals surface area contributed by atoms with Crippen LogP contribution in [0.4, 0.5) is 11.4 Å². The van der Waals surface area contributed by atoms with Crippen LogP contribution in [0.2, 0.25) is 0 Å². The van der Waals surface area contributed by atoms with Crippen LogP contribution in [0.3, 0.4) is 0 Å². The molecule has 0 bridgehead atoms. The third-order valence-corrected chi connectivity index (χ3v) is 5.78. The molecule has 1 aliphatic heterocycles. The molecule has 2 aromatic carbocycles. The van der Waals surface area contributed by atoms with E-state index in [0.717, 1.165) is 24.3 Å². The molecule has 0 saturated carbocycles. The summed E-state index contributed by atoms with van der Waals surface area (Å²) in [6.07, 6.45) is 0. The van der Waals surface area contributed by atoms with Crippen molar-refractivity contribution in [1.82, 2.24) is 0 Å². The summed E-state index contributed by atoms with van der Waals surface area (Å²) < 4.78 is 0. The fourth-order valence-corrected chi connectivity index (χ4v) is 4.34. The van der Waals surface area contributed by atoms with Gasteiger partial charge in [-0.2, -0.15) is 0 Å². The lowest BCUT2D eigenvalue weighted by Gasteiger charge is -2.22. The summed E-state index contributed by atoms with van der Waals surface area (Å²) in [5.74, 6) is -0.493. The van der Waals surface area contributed by atoms with Crippen molar-refractivity contribution in [2.45, 2.75) is 32.9 Å². The van der Waals surface area contributed by atoms with E-state index in [1.165, 1.54) is 16.7 Å². The summed E-state index contributed by atoms with van der Waals surface area (Å²) in [6.45, 7) is 10.1. The van der Waals surface area contributed by atoms with E-state index in [0.29, 0.717) is 16.2 Å². The Balaban J connectivity index is 1.99. The Morgan fingerprint density at radius 1 is 0.893 bits per heavy atom. The second kappa shape index (κ2) is 8.65. The van der Waals surface area contributed by atoms with Crippen LogP contribution in [0, 0.1) is 0 Å². The van der Waals surface area contributed by atoms with E-state index in [1.54, 1.807) is 0 Å². The van der Waals surface area contributed by atoms with E-state index in [2.05, 4.69) is 18.7 Å². The molecule has 1 aliphatic rings. The second-order valence-corrected chi connectivity index (χ2v) is 8.46. The number of amides is 2. The van der Waals surface area contributed by atoms with Crippen LogP contribution in [0.15, 0.2) is 59.5 Å². The van der Waals surface area contributed by atoms with Crippen molar-refractivity contribution in [3.05, 3.63) is 65.1 Å². The molecule has 0 aromatic heterocycles. The summed E-state index contributed by atoms with van der Waals surface area (Å²) in [5, 5.41) is 0.204. The van der Waals surface area contributed by atoms with Crippen LogP contribution in [0.25, 0.3) is 5.57 Å². The zero-order chi connectivity index (χ0) is 20.3. The molecule has 0 aliphatic carbocycles. The molecule has 0 saturated heterocycles. The summed E-state index contributed by atoms with van der Waals surface area (Å²) >= 11 is 1.45. The number of carbonyl (C=O) groups excluding carboxylic acids is 2. The van der Waals surface area contributed by atoms with Gasteiger partial charge in [-0.15, -0.1) is 11.8 Å². The predicted molar refractivity (Wildman–Crippen MR) is 119 cm³/mol. The minimum Gasteiger partial charge on any atom is -0.372 e.